The van der Waals surface area contributed by atoms with E-state index in [0.717, 1.165) is 12.5 Å². The Labute approximate surface area is 154 Å². The number of hydrogen-bond acceptors (Lipinski definition) is 5. The van der Waals surface area contributed by atoms with Gasteiger partial charge in [-0.15, -0.1) is 11.8 Å². The minimum Gasteiger partial charge on any atom is -0.361 e. The molecule has 4 N–H and O–H groups in total. The average Bonchev–Trinajstić information content (AvgIpc) is 2.62. The van der Waals surface area contributed by atoms with Crippen LogP contribution in [0, 0.1) is 5.92 Å². The minimum absolute atomic E-state index is 0.200. The first-order valence-electron chi connectivity index (χ1n) is 8.83. The SMILES string of the molecule is CNC(CN)C1CCCCC1.CS/C=C\c1cc(=O)c(C(C)=O)c[nH]1. The summed E-state index contributed by atoms with van der Waals surface area (Å²) >= 11 is 1.54. The fourth-order valence-corrected chi connectivity index (χ4v) is 3.37. The lowest BCUT2D eigenvalue weighted by molar-refractivity contribution is 0.101. The predicted octanol–water partition coefficient (Wildman–Crippen LogP) is 3.02. The number of nitrogens with two attached hydrogens (primary N) is 1. The van der Waals surface area contributed by atoms with Crippen molar-refractivity contribution >= 4 is 23.6 Å². The quantitative estimate of drug-likeness (QED) is 0.675. The molecule has 0 radical (unpaired) electrons. The molecule has 0 saturated heterocycles. The molecule has 2 rings (SSSR count). The van der Waals surface area contributed by atoms with E-state index in [-0.39, 0.29) is 16.8 Å². The van der Waals surface area contributed by atoms with Crippen LogP contribution in [0.1, 0.15) is 55.1 Å². The zero-order chi connectivity index (χ0) is 18.7. The van der Waals surface area contributed by atoms with Crippen LogP contribution in [0.2, 0.25) is 0 Å². The zero-order valence-electron chi connectivity index (χ0n) is 15.5. The maximum Gasteiger partial charge on any atom is 0.192 e. The molecule has 0 aromatic carbocycles. The number of H-pyrrole nitrogens is 1. The van der Waals surface area contributed by atoms with Gasteiger partial charge in [-0.1, -0.05) is 19.3 Å². The molecule has 0 aliphatic heterocycles. The number of likely N-dealkylation sites (N-methyl/N-ethyl adjacent to an activating group) is 1. The second-order valence-electron chi connectivity index (χ2n) is 6.29. The molecular formula is C19H31N3O2S. The highest BCUT2D eigenvalue weighted by molar-refractivity contribution is 8.01. The van der Waals surface area contributed by atoms with Gasteiger partial charge in [0.1, 0.15) is 0 Å². The van der Waals surface area contributed by atoms with E-state index in [1.807, 2.05) is 18.7 Å². The lowest BCUT2D eigenvalue weighted by Crippen LogP contribution is -2.40. The summed E-state index contributed by atoms with van der Waals surface area (Å²) in [6.07, 6.45) is 12.2. The molecule has 1 heterocycles. The van der Waals surface area contributed by atoms with Gasteiger partial charge in [-0.3, -0.25) is 9.59 Å². The molecule has 1 aliphatic carbocycles. The third-order valence-electron chi connectivity index (χ3n) is 4.54. The summed E-state index contributed by atoms with van der Waals surface area (Å²) in [5, 5.41) is 5.16. The van der Waals surface area contributed by atoms with Crippen molar-refractivity contribution in [1.82, 2.24) is 10.3 Å². The molecule has 1 aromatic heterocycles. The maximum absolute atomic E-state index is 11.4. The number of pyridine rings is 1. The normalized spacial score (nSPS) is 16.3. The van der Waals surface area contributed by atoms with Crippen molar-refractivity contribution in [2.75, 3.05) is 19.8 Å². The number of hydrogen-bond donors (Lipinski definition) is 3. The highest BCUT2D eigenvalue weighted by atomic mass is 32.2. The van der Waals surface area contributed by atoms with E-state index in [1.165, 1.54) is 51.3 Å². The molecule has 140 valence electrons. The van der Waals surface area contributed by atoms with Gasteiger partial charge in [-0.2, -0.15) is 0 Å². The first-order valence-corrected chi connectivity index (χ1v) is 10.1. The number of ketones is 1. The van der Waals surface area contributed by atoms with Crippen molar-refractivity contribution in [3.05, 3.63) is 39.2 Å². The van der Waals surface area contributed by atoms with Crippen LogP contribution < -0.4 is 16.5 Å². The molecule has 6 heteroatoms. The van der Waals surface area contributed by atoms with Crippen LogP contribution in [0.3, 0.4) is 0 Å². The third-order valence-corrected chi connectivity index (χ3v) is 4.95. The van der Waals surface area contributed by atoms with Crippen molar-refractivity contribution in [1.29, 1.82) is 0 Å². The molecule has 1 unspecified atom stereocenters. The first kappa shape index (κ1) is 21.7. The van der Waals surface area contributed by atoms with Crippen LogP contribution in [-0.4, -0.2) is 36.7 Å². The highest BCUT2D eigenvalue weighted by Crippen LogP contribution is 2.25. The van der Waals surface area contributed by atoms with Crippen LogP contribution in [-0.2, 0) is 0 Å². The number of rotatable bonds is 6. The first-order chi connectivity index (χ1) is 12.0. The molecule has 0 amide bonds. The van der Waals surface area contributed by atoms with E-state index in [9.17, 15) is 9.59 Å². The monoisotopic (exact) mass is 365 g/mol. The Morgan fingerprint density at radius 2 is 2.12 bits per heavy atom. The number of Topliss-reactive ketones (excluding diaryl/α,β-unsaturated/α-hetero) is 1. The predicted molar refractivity (Wildman–Crippen MR) is 108 cm³/mol. The van der Waals surface area contributed by atoms with E-state index in [0.29, 0.717) is 11.7 Å². The van der Waals surface area contributed by atoms with Crippen LogP contribution in [0.25, 0.3) is 6.08 Å². The van der Waals surface area contributed by atoms with Crippen molar-refractivity contribution in [3.8, 4) is 0 Å². The highest BCUT2D eigenvalue weighted by Gasteiger charge is 2.20. The topological polar surface area (TPSA) is 88.0 Å². The van der Waals surface area contributed by atoms with Gasteiger partial charge in [0.2, 0.25) is 0 Å². The van der Waals surface area contributed by atoms with Crippen LogP contribution in [0.4, 0.5) is 0 Å². The van der Waals surface area contributed by atoms with E-state index in [4.69, 9.17) is 5.73 Å². The van der Waals surface area contributed by atoms with Crippen LogP contribution in [0.15, 0.2) is 22.5 Å². The Bertz CT molecular complexity index is 603. The van der Waals surface area contributed by atoms with E-state index < -0.39 is 0 Å². The summed E-state index contributed by atoms with van der Waals surface area (Å²) in [5.74, 6) is 0.630. The summed E-state index contributed by atoms with van der Waals surface area (Å²) in [6.45, 7) is 2.17. The summed E-state index contributed by atoms with van der Waals surface area (Å²) in [7, 11) is 2.02. The zero-order valence-corrected chi connectivity index (χ0v) is 16.3. The van der Waals surface area contributed by atoms with Crippen LogP contribution >= 0.6 is 11.8 Å². The van der Waals surface area contributed by atoms with Gasteiger partial charge in [-0.05, 0) is 50.5 Å². The van der Waals surface area contributed by atoms with Crippen LogP contribution in [0.5, 0.6) is 0 Å². The Balaban J connectivity index is 0.000000257. The molecule has 1 aliphatic rings. The maximum atomic E-state index is 11.4. The smallest absolute Gasteiger partial charge is 0.192 e. The minimum atomic E-state index is -0.239. The number of thioether (sulfide) groups is 1. The lowest BCUT2D eigenvalue weighted by Gasteiger charge is -2.28. The number of carbonyl (C=O) groups excluding carboxylic acids is 1. The molecule has 25 heavy (non-hydrogen) atoms. The van der Waals surface area contributed by atoms with Crippen molar-refractivity contribution in [2.45, 2.75) is 45.1 Å². The fraction of sp³-hybridized carbons (Fsp3) is 0.579. The summed E-state index contributed by atoms with van der Waals surface area (Å²) in [6, 6.07) is 1.99. The molecule has 0 bridgehead atoms. The van der Waals surface area contributed by atoms with Gasteiger partial charge in [0.05, 0.1) is 5.56 Å². The van der Waals surface area contributed by atoms with E-state index in [1.54, 1.807) is 17.8 Å². The second-order valence-corrected chi connectivity index (χ2v) is 7.03. The largest absolute Gasteiger partial charge is 0.361 e. The van der Waals surface area contributed by atoms with E-state index in [2.05, 4.69) is 10.3 Å². The Hall–Kier alpha value is -1.37. The number of nitrogens with one attached hydrogen (secondary N) is 2. The summed E-state index contributed by atoms with van der Waals surface area (Å²) < 4.78 is 0. The molecule has 1 aromatic rings. The molecule has 0 spiro atoms. The van der Waals surface area contributed by atoms with Gasteiger partial charge >= 0.3 is 0 Å². The Kier molecular flexibility index (Phi) is 10.5. The Morgan fingerprint density at radius 1 is 1.44 bits per heavy atom. The third kappa shape index (κ3) is 7.59. The summed E-state index contributed by atoms with van der Waals surface area (Å²) in [4.78, 5) is 25.2. The standard InChI is InChI=1S/C10H11NO2S.C9H20N2/c1-7(12)9-6-11-8(3-4-14-2)5-10(9)13;1-11-9(7-10)8-5-3-2-4-6-8/h3-6H,1-2H3,(H,11,13);8-9,11H,2-7,10H2,1H3/b4-3-;. The average molecular weight is 366 g/mol. The second kappa shape index (κ2) is 12.1. The van der Waals surface area contributed by atoms with Crippen molar-refractivity contribution in [2.24, 2.45) is 11.7 Å². The molecule has 1 saturated carbocycles. The fourth-order valence-electron chi connectivity index (χ4n) is 3.08. The molecule has 5 nitrogen and oxygen atoms in total. The number of aromatic amines is 1. The van der Waals surface area contributed by atoms with Gasteiger partial charge in [0, 0.05) is 30.5 Å². The number of carbonyl (C=O) groups is 1. The van der Waals surface area contributed by atoms with Gasteiger partial charge in [-0.25, -0.2) is 0 Å². The lowest BCUT2D eigenvalue weighted by atomic mass is 9.84. The Morgan fingerprint density at radius 3 is 2.60 bits per heavy atom. The molecule has 1 atom stereocenters. The van der Waals surface area contributed by atoms with Gasteiger partial charge < -0.3 is 16.0 Å². The van der Waals surface area contributed by atoms with Gasteiger partial charge in [0.15, 0.2) is 11.2 Å². The number of aromatic nitrogens is 1. The summed E-state index contributed by atoms with van der Waals surface area (Å²) in [5.41, 5.74) is 6.32. The van der Waals surface area contributed by atoms with E-state index >= 15 is 0 Å². The molecule has 1 fully saturated rings. The molecular weight excluding hydrogens is 334 g/mol. The van der Waals surface area contributed by atoms with Crippen molar-refractivity contribution in [3.63, 3.8) is 0 Å². The van der Waals surface area contributed by atoms with Gasteiger partial charge in [0.25, 0.3) is 0 Å². The van der Waals surface area contributed by atoms with Crippen molar-refractivity contribution < 1.29 is 4.79 Å².